The van der Waals surface area contributed by atoms with Crippen LogP contribution in [0.25, 0.3) is 0 Å². The quantitative estimate of drug-likeness (QED) is 0.763. The van der Waals surface area contributed by atoms with E-state index in [1.165, 1.54) is 34.8 Å². The predicted octanol–water partition coefficient (Wildman–Crippen LogP) is 3.35. The Kier molecular flexibility index (Phi) is 5.74. The average molecular weight is 394 g/mol. The third-order valence-electron chi connectivity index (χ3n) is 4.11. The van der Waals surface area contributed by atoms with Crippen molar-refractivity contribution in [3.8, 4) is 0 Å². The SMILES string of the molecule is CC(C)NS(=O)(=O)c1cccc(C(=O)Nc2nc3c(s2)CCCCC3)c1. The lowest BCUT2D eigenvalue weighted by molar-refractivity contribution is 0.102. The number of aromatic nitrogens is 1. The second kappa shape index (κ2) is 7.85. The zero-order chi connectivity index (χ0) is 18.7. The van der Waals surface area contributed by atoms with Crippen molar-refractivity contribution in [1.29, 1.82) is 0 Å². The van der Waals surface area contributed by atoms with Crippen molar-refractivity contribution in [2.75, 3.05) is 5.32 Å². The second-order valence-electron chi connectivity index (χ2n) is 6.71. The smallest absolute Gasteiger partial charge is 0.257 e. The summed E-state index contributed by atoms with van der Waals surface area (Å²) >= 11 is 1.52. The first kappa shape index (κ1) is 19.0. The van der Waals surface area contributed by atoms with Crippen molar-refractivity contribution >= 4 is 32.4 Å². The van der Waals surface area contributed by atoms with Crippen molar-refractivity contribution in [1.82, 2.24) is 9.71 Å². The number of rotatable bonds is 5. The molecule has 2 aromatic rings. The van der Waals surface area contributed by atoms with Crippen molar-refractivity contribution in [2.45, 2.75) is 56.9 Å². The normalized spacial score (nSPS) is 14.7. The fourth-order valence-corrected chi connectivity index (χ4v) is 5.28. The lowest BCUT2D eigenvalue weighted by Crippen LogP contribution is -2.30. The molecule has 0 saturated heterocycles. The van der Waals surface area contributed by atoms with E-state index in [1.54, 1.807) is 26.0 Å². The van der Waals surface area contributed by atoms with Crippen LogP contribution in [0.2, 0.25) is 0 Å². The van der Waals surface area contributed by atoms with Gasteiger partial charge in [0.1, 0.15) is 0 Å². The van der Waals surface area contributed by atoms with Gasteiger partial charge in [0.05, 0.1) is 10.6 Å². The molecule has 0 unspecified atom stereocenters. The zero-order valence-electron chi connectivity index (χ0n) is 14.9. The number of nitrogens with one attached hydrogen (secondary N) is 2. The zero-order valence-corrected chi connectivity index (χ0v) is 16.5. The molecular formula is C18H23N3O3S2. The summed E-state index contributed by atoms with van der Waals surface area (Å²) in [5, 5.41) is 3.39. The molecule has 1 aliphatic rings. The molecule has 0 fully saturated rings. The van der Waals surface area contributed by atoms with Gasteiger partial charge in [0, 0.05) is 16.5 Å². The molecule has 2 N–H and O–H groups in total. The van der Waals surface area contributed by atoms with Crippen molar-refractivity contribution in [3.05, 3.63) is 40.4 Å². The highest BCUT2D eigenvalue weighted by atomic mass is 32.2. The minimum absolute atomic E-state index is 0.0776. The van der Waals surface area contributed by atoms with Crippen LogP contribution < -0.4 is 10.0 Å². The van der Waals surface area contributed by atoms with Gasteiger partial charge >= 0.3 is 0 Å². The summed E-state index contributed by atoms with van der Waals surface area (Å²) in [6, 6.07) is 5.82. The maximum Gasteiger partial charge on any atom is 0.257 e. The Balaban J connectivity index is 1.77. The van der Waals surface area contributed by atoms with E-state index in [2.05, 4.69) is 15.0 Å². The van der Waals surface area contributed by atoms with Crippen LogP contribution in [-0.4, -0.2) is 25.4 Å². The Labute approximate surface area is 158 Å². The monoisotopic (exact) mass is 393 g/mol. The highest BCUT2D eigenvalue weighted by Gasteiger charge is 2.19. The Morgan fingerprint density at radius 3 is 2.73 bits per heavy atom. The van der Waals surface area contributed by atoms with Crippen LogP contribution in [0.4, 0.5) is 5.13 Å². The largest absolute Gasteiger partial charge is 0.298 e. The molecule has 0 atom stereocenters. The van der Waals surface area contributed by atoms with E-state index >= 15 is 0 Å². The molecule has 6 nitrogen and oxygen atoms in total. The molecule has 0 spiro atoms. The van der Waals surface area contributed by atoms with Gasteiger partial charge in [0.15, 0.2) is 5.13 Å². The first-order chi connectivity index (χ1) is 12.3. The highest BCUT2D eigenvalue weighted by molar-refractivity contribution is 7.89. The Morgan fingerprint density at radius 1 is 1.19 bits per heavy atom. The van der Waals surface area contributed by atoms with E-state index in [0.29, 0.717) is 10.7 Å². The van der Waals surface area contributed by atoms with E-state index in [4.69, 9.17) is 0 Å². The summed E-state index contributed by atoms with van der Waals surface area (Å²) < 4.78 is 27.1. The maximum atomic E-state index is 12.5. The van der Waals surface area contributed by atoms with Gasteiger partial charge in [-0.05, 0) is 57.7 Å². The number of fused-ring (bicyclic) bond motifs is 1. The number of benzene rings is 1. The van der Waals surface area contributed by atoms with Crippen LogP contribution in [0.15, 0.2) is 29.2 Å². The topological polar surface area (TPSA) is 88.2 Å². The van der Waals surface area contributed by atoms with Gasteiger partial charge in [-0.3, -0.25) is 10.1 Å². The third kappa shape index (κ3) is 4.49. The first-order valence-electron chi connectivity index (χ1n) is 8.77. The first-order valence-corrected chi connectivity index (χ1v) is 11.1. The molecule has 0 bridgehead atoms. The van der Waals surface area contributed by atoms with Crippen molar-refractivity contribution < 1.29 is 13.2 Å². The van der Waals surface area contributed by atoms with Gasteiger partial charge in [0.25, 0.3) is 5.91 Å². The van der Waals surface area contributed by atoms with Crippen molar-refractivity contribution in [3.63, 3.8) is 0 Å². The van der Waals surface area contributed by atoms with E-state index < -0.39 is 10.0 Å². The lowest BCUT2D eigenvalue weighted by atomic mass is 10.2. The summed E-state index contributed by atoms with van der Waals surface area (Å²) in [5.41, 5.74) is 1.38. The molecule has 1 amide bonds. The van der Waals surface area contributed by atoms with E-state index in [0.717, 1.165) is 31.4 Å². The molecule has 0 radical (unpaired) electrons. The van der Waals surface area contributed by atoms with Crippen molar-refractivity contribution in [2.24, 2.45) is 0 Å². The molecule has 26 heavy (non-hydrogen) atoms. The van der Waals surface area contributed by atoms with Crippen LogP contribution >= 0.6 is 11.3 Å². The number of thiazole rings is 1. The fraction of sp³-hybridized carbons (Fsp3) is 0.444. The molecule has 140 valence electrons. The van der Waals surface area contributed by atoms with E-state index in [9.17, 15) is 13.2 Å². The van der Waals surface area contributed by atoms with Gasteiger partial charge in [-0.15, -0.1) is 11.3 Å². The second-order valence-corrected chi connectivity index (χ2v) is 9.51. The number of nitrogens with zero attached hydrogens (tertiary/aromatic N) is 1. The van der Waals surface area contributed by atoms with Crippen LogP contribution in [-0.2, 0) is 22.9 Å². The molecule has 8 heteroatoms. The molecule has 0 saturated carbocycles. The standard InChI is InChI=1S/C18H23N3O3S2/c1-12(2)21-26(23,24)14-8-6-7-13(11-14)17(22)20-18-19-15-9-4-3-5-10-16(15)25-18/h6-8,11-12,21H,3-5,9-10H2,1-2H3,(H,19,20,22). The lowest BCUT2D eigenvalue weighted by Gasteiger charge is -2.10. The molecule has 1 aromatic carbocycles. The predicted molar refractivity (Wildman–Crippen MR) is 103 cm³/mol. The molecule has 3 rings (SSSR count). The number of aryl methyl sites for hydroxylation is 2. The molecule has 1 heterocycles. The molecule has 0 aliphatic heterocycles. The average Bonchev–Trinajstić information content (AvgIpc) is 2.82. The minimum Gasteiger partial charge on any atom is -0.298 e. The third-order valence-corrected chi connectivity index (χ3v) is 6.84. The summed E-state index contributed by atoms with van der Waals surface area (Å²) in [4.78, 5) is 18.4. The fourth-order valence-electron chi connectivity index (χ4n) is 2.93. The number of carbonyl (C=O) groups excluding carboxylic acids is 1. The molecule has 1 aliphatic carbocycles. The van der Waals surface area contributed by atoms with Crippen LogP contribution in [0, 0.1) is 0 Å². The van der Waals surface area contributed by atoms with Gasteiger partial charge in [-0.2, -0.15) is 0 Å². The Hall–Kier alpha value is -1.77. The van der Waals surface area contributed by atoms with E-state index in [1.807, 2.05) is 0 Å². The molecule has 1 aromatic heterocycles. The van der Waals surface area contributed by atoms with E-state index in [-0.39, 0.29) is 16.8 Å². The van der Waals surface area contributed by atoms with Crippen LogP contribution in [0.1, 0.15) is 54.0 Å². The van der Waals surface area contributed by atoms with Gasteiger partial charge < -0.3 is 0 Å². The number of carbonyl (C=O) groups is 1. The summed E-state index contributed by atoms with van der Waals surface area (Å²) in [6.45, 7) is 3.50. The van der Waals surface area contributed by atoms with Gasteiger partial charge in [0.2, 0.25) is 10.0 Å². The number of hydrogen-bond acceptors (Lipinski definition) is 5. The summed E-state index contributed by atoms with van der Waals surface area (Å²) in [5.74, 6) is -0.351. The van der Waals surface area contributed by atoms with Gasteiger partial charge in [-0.1, -0.05) is 12.5 Å². The molecular weight excluding hydrogens is 370 g/mol. The highest BCUT2D eigenvalue weighted by Crippen LogP contribution is 2.29. The Bertz CT molecular complexity index is 881. The Morgan fingerprint density at radius 2 is 1.96 bits per heavy atom. The van der Waals surface area contributed by atoms with Crippen LogP contribution in [0.5, 0.6) is 0 Å². The van der Waals surface area contributed by atoms with Gasteiger partial charge in [-0.25, -0.2) is 18.1 Å². The maximum absolute atomic E-state index is 12.5. The number of anilines is 1. The number of hydrogen-bond donors (Lipinski definition) is 2. The van der Waals surface area contributed by atoms with Crippen LogP contribution in [0.3, 0.4) is 0 Å². The number of sulfonamides is 1. The minimum atomic E-state index is -3.64. The summed E-state index contributed by atoms with van der Waals surface area (Å²) in [6.07, 6.45) is 5.47. The number of amides is 1. The summed E-state index contributed by atoms with van der Waals surface area (Å²) in [7, 11) is -3.64.